The average Bonchev–Trinajstić information content (AvgIpc) is 3.22. The molecule has 0 unspecified atom stereocenters. The van der Waals surface area contributed by atoms with E-state index in [1.54, 1.807) is 4.40 Å². The van der Waals surface area contributed by atoms with Crippen molar-refractivity contribution in [3.63, 3.8) is 0 Å². The molecule has 1 fully saturated rings. The van der Waals surface area contributed by atoms with Crippen LogP contribution in [0.1, 0.15) is 42.1 Å². The summed E-state index contributed by atoms with van der Waals surface area (Å²) < 4.78 is 1.69. The summed E-state index contributed by atoms with van der Waals surface area (Å²) in [6, 6.07) is 9.50. The van der Waals surface area contributed by atoms with Gasteiger partial charge in [-0.25, -0.2) is 9.38 Å². The van der Waals surface area contributed by atoms with E-state index in [1.807, 2.05) is 24.3 Å². The molecular weight excluding hydrogens is 340 g/mol. The van der Waals surface area contributed by atoms with E-state index in [0.717, 1.165) is 42.2 Å². The van der Waals surface area contributed by atoms with Gasteiger partial charge in [0.2, 0.25) is 5.78 Å². The monoisotopic (exact) mass is 358 g/mol. The van der Waals surface area contributed by atoms with Crippen molar-refractivity contribution >= 4 is 28.3 Å². The summed E-state index contributed by atoms with van der Waals surface area (Å²) in [7, 11) is 0. The lowest BCUT2D eigenvalue weighted by atomic mass is 10.2. The summed E-state index contributed by atoms with van der Waals surface area (Å²) in [5.41, 5.74) is 3.93. The molecule has 2 N–H and O–H groups in total. The minimum absolute atomic E-state index is 0.0383. The van der Waals surface area contributed by atoms with Crippen molar-refractivity contribution in [2.45, 2.75) is 38.0 Å². The van der Waals surface area contributed by atoms with E-state index in [-0.39, 0.29) is 5.56 Å². The van der Waals surface area contributed by atoms with Crippen LogP contribution in [0.3, 0.4) is 0 Å². The third kappa shape index (κ3) is 2.27. The van der Waals surface area contributed by atoms with E-state index in [0.29, 0.717) is 22.6 Å². The Balaban J connectivity index is 1.54. The smallest absolute Gasteiger partial charge is 0.267 e. The molecule has 134 valence electrons. The van der Waals surface area contributed by atoms with Crippen LogP contribution in [0.4, 0.5) is 11.6 Å². The third-order valence-electron chi connectivity index (χ3n) is 5.58. The third-order valence-corrected chi connectivity index (χ3v) is 5.58. The molecule has 27 heavy (non-hydrogen) atoms. The molecule has 2 aliphatic carbocycles. The Morgan fingerprint density at radius 3 is 2.93 bits per heavy atom. The fourth-order valence-electron chi connectivity index (χ4n) is 4.07. The van der Waals surface area contributed by atoms with Crippen LogP contribution in [-0.4, -0.2) is 24.6 Å². The molecule has 0 radical (unpaired) electrons. The van der Waals surface area contributed by atoms with Gasteiger partial charge < -0.3 is 5.32 Å². The van der Waals surface area contributed by atoms with E-state index in [4.69, 9.17) is 4.98 Å². The number of nitrogens with zero attached hydrogens (tertiary/aromatic N) is 4. The van der Waals surface area contributed by atoms with E-state index >= 15 is 0 Å². The van der Waals surface area contributed by atoms with Gasteiger partial charge in [-0.15, -0.1) is 0 Å². The van der Waals surface area contributed by atoms with Crippen LogP contribution < -0.4 is 10.9 Å². The fourth-order valence-corrected chi connectivity index (χ4v) is 4.07. The number of fused-ring (bicyclic) bond motifs is 4. The number of anilines is 2. The van der Waals surface area contributed by atoms with Crippen molar-refractivity contribution in [2.75, 3.05) is 5.32 Å². The molecule has 0 bridgehead atoms. The Bertz CT molecular complexity index is 1270. The zero-order chi connectivity index (χ0) is 18.0. The lowest BCUT2D eigenvalue weighted by Crippen LogP contribution is -2.21. The van der Waals surface area contributed by atoms with Crippen molar-refractivity contribution in [3.05, 3.63) is 57.6 Å². The second kappa shape index (κ2) is 5.39. The van der Waals surface area contributed by atoms with Crippen molar-refractivity contribution < 1.29 is 0 Å². The second-order valence-corrected chi connectivity index (χ2v) is 7.42. The van der Waals surface area contributed by atoms with Crippen LogP contribution in [0, 0.1) is 0 Å². The fraction of sp³-hybridized carbons (Fsp3) is 0.300. The maximum Gasteiger partial charge on any atom is 0.267 e. The van der Waals surface area contributed by atoms with E-state index in [1.165, 1.54) is 18.5 Å². The van der Waals surface area contributed by atoms with Crippen LogP contribution in [0.5, 0.6) is 0 Å². The number of aryl methyl sites for hydroxylation is 1. The first-order valence-corrected chi connectivity index (χ1v) is 9.43. The van der Waals surface area contributed by atoms with Gasteiger partial charge in [-0.2, -0.15) is 10.1 Å². The molecule has 4 aromatic rings. The molecule has 0 saturated heterocycles. The van der Waals surface area contributed by atoms with Gasteiger partial charge in [0.05, 0.1) is 10.9 Å². The molecule has 6 rings (SSSR count). The Morgan fingerprint density at radius 2 is 2.04 bits per heavy atom. The first-order valence-electron chi connectivity index (χ1n) is 9.43. The topological polar surface area (TPSA) is 88.0 Å². The van der Waals surface area contributed by atoms with Crippen LogP contribution in [-0.2, 0) is 12.8 Å². The number of para-hydroxylation sites is 1. The van der Waals surface area contributed by atoms with Gasteiger partial charge in [0, 0.05) is 28.9 Å². The number of H-pyrrole nitrogens is 1. The van der Waals surface area contributed by atoms with Crippen molar-refractivity contribution in [1.82, 2.24) is 24.6 Å². The highest BCUT2D eigenvalue weighted by atomic mass is 16.1. The molecule has 3 heterocycles. The number of hydrogen-bond donors (Lipinski definition) is 2. The summed E-state index contributed by atoms with van der Waals surface area (Å²) in [5.74, 6) is 2.60. The highest BCUT2D eigenvalue weighted by Gasteiger charge is 2.26. The van der Waals surface area contributed by atoms with Gasteiger partial charge in [-0.1, -0.05) is 12.1 Å². The molecule has 1 aromatic carbocycles. The van der Waals surface area contributed by atoms with Crippen LogP contribution in [0.2, 0.25) is 0 Å². The molecule has 0 atom stereocenters. The normalized spacial score (nSPS) is 16.1. The summed E-state index contributed by atoms with van der Waals surface area (Å²) in [4.78, 5) is 22.4. The largest absolute Gasteiger partial charge is 0.323 e. The SMILES string of the molecule is O=c1c2ccccc2nc2nc(Nc3cc(C4CC4)[nH]n3)c3c(n12)CCC3. The molecule has 0 spiro atoms. The van der Waals surface area contributed by atoms with Crippen molar-refractivity contribution in [1.29, 1.82) is 0 Å². The minimum Gasteiger partial charge on any atom is -0.323 e. The molecule has 0 aliphatic heterocycles. The highest BCUT2D eigenvalue weighted by Crippen LogP contribution is 2.40. The minimum atomic E-state index is -0.0383. The quantitative estimate of drug-likeness (QED) is 0.550. The predicted octanol–water partition coefficient (Wildman–Crippen LogP) is 3.08. The number of hydrogen-bond acceptors (Lipinski definition) is 5. The van der Waals surface area contributed by atoms with E-state index < -0.39 is 0 Å². The Kier molecular flexibility index (Phi) is 2.97. The standard InChI is InChI=1S/C20H18N6O/c27-19-12-4-1-2-6-14(12)21-20-23-18(13-5-3-7-16(13)26(19)20)22-17-10-15(24-25-17)11-8-9-11/h1-2,4,6,10-11H,3,5,7-9H2,(H2,21,22,23,24,25). The van der Waals surface area contributed by atoms with Gasteiger partial charge in [0.15, 0.2) is 5.82 Å². The summed E-state index contributed by atoms with van der Waals surface area (Å²) in [5, 5.41) is 11.5. The highest BCUT2D eigenvalue weighted by molar-refractivity contribution is 5.79. The number of aromatic nitrogens is 5. The lowest BCUT2D eigenvalue weighted by Gasteiger charge is -2.13. The second-order valence-electron chi connectivity index (χ2n) is 7.42. The van der Waals surface area contributed by atoms with E-state index in [9.17, 15) is 4.79 Å². The number of rotatable bonds is 3. The van der Waals surface area contributed by atoms with Crippen LogP contribution >= 0.6 is 0 Å². The predicted molar refractivity (Wildman–Crippen MR) is 103 cm³/mol. The van der Waals surface area contributed by atoms with Crippen molar-refractivity contribution in [3.8, 4) is 0 Å². The van der Waals surface area contributed by atoms with Gasteiger partial charge in [-0.05, 0) is 44.2 Å². The zero-order valence-electron chi connectivity index (χ0n) is 14.7. The average molecular weight is 358 g/mol. The first kappa shape index (κ1) is 14.9. The number of aromatic amines is 1. The lowest BCUT2D eigenvalue weighted by molar-refractivity contribution is 0.874. The molecule has 7 heteroatoms. The van der Waals surface area contributed by atoms with Crippen LogP contribution in [0.15, 0.2) is 35.1 Å². The zero-order valence-corrected chi connectivity index (χ0v) is 14.7. The molecule has 0 amide bonds. The van der Waals surface area contributed by atoms with Gasteiger partial charge >= 0.3 is 0 Å². The molecule has 1 saturated carbocycles. The Labute approximate surface area is 154 Å². The Morgan fingerprint density at radius 1 is 1.15 bits per heavy atom. The summed E-state index contributed by atoms with van der Waals surface area (Å²) >= 11 is 0. The maximum absolute atomic E-state index is 13.0. The van der Waals surface area contributed by atoms with Crippen molar-refractivity contribution in [2.24, 2.45) is 0 Å². The van der Waals surface area contributed by atoms with Crippen LogP contribution in [0.25, 0.3) is 16.7 Å². The summed E-state index contributed by atoms with van der Waals surface area (Å²) in [6.07, 6.45) is 5.23. The summed E-state index contributed by atoms with van der Waals surface area (Å²) in [6.45, 7) is 0. The van der Waals surface area contributed by atoms with E-state index in [2.05, 4.69) is 26.6 Å². The molecule has 2 aliphatic rings. The molecule has 3 aromatic heterocycles. The van der Waals surface area contributed by atoms with Gasteiger partial charge in [-0.3, -0.25) is 9.89 Å². The molecular formula is C20H18N6O. The van der Waals surface area contributed by atoms with Gasteiger partial charge in [0.25, 0.3) is 5.56 Å². The number of nitrogens with one attached hydrogen (secondary N) is 2. The Hall–Kier alpha value is -3.22. The first-order chi connectivity index (χ1) is 13.3. The molecule has 7 nitrogen and oxygen atoms in total. The maximum atomic E-state index is 13.0. The van der Waals surface area contributed by atoms with Gasteiger partial charge in [0.1, 0.15) is 5.82 Å². The number of benzene rings is 1.